The fourth-order valence-electron chi connectivity index (χ4n) is 4.51. The number of amides is 1. The lowest BCUT2D eigenvalue weighted by Gasteiger charge is -2.26. The standard InChI is InChI=1S/C19H22ClNO3/c1-10(2)15-13-7-8-14(15)17(19(23)24)16(13)18(22)21-9-11-3-5-12(20)6-4-11/h3-6,13-14,16-17H,7-9H2,1-2H3,(H,21,22)(H,23,24)/t13-,14+,16-,17-/m1/s1. The van der Waals surface area contributed by atoms with Gasteiger partial charge in [0.15, 0.2) is 0 Å². The van der Waals surface area contributed by atoms with Crippen LogP contribution >= 0.6 is 11.6 Å². The van der Waals surface area contributed by atoms with E-state index in [0.29, 0.717) is 11.6 Å². The lowest BCUT2D eigenvalue weighted by atomic mass is 9.78. The van der Waals surface area contributed by atoms with Gasteiger partial charge in [0.2, 0.25) is 5.91 Å². The number of rotatable bonds is 4. The quantitative estimate of drug-likeness (QED) is 0.817. The molecule has 2 N–H and O–H groups in total. The minimum absolute atomic E-state index is 0.0174. The van der Waals surface area contributed by atoms with Crippen LogP contribution < -0.4 is 5.32 Å². The zero-order chi connectivity index (χ0) is 17.4. The van der Waals surface area contributed by atoms with Crippen LogP contribution in [0.1, 0.15) is 32.3 Å². The molecule has 2 aliphatic carbocycles. The second-order valence-electron chi connectivity index (χ2n) is 6.98. The van der Waals surface area contributed by atoms with Gasteiger partial charge in [-0.25, -0.2) is 0 Å². The minimum Gasteiger partial charge on any atom is -0.481 e. The fraction of sp³-hybridized carbons (Fsp3) is 0.474. The molecule has 2 fully saturated rings. The van der Waals surface area contributed by atoms with Crippen molar-refractivity contribution in [2.45, 2.75) is 33.2 Å². The van der Waals surface area contributed by atoms with Gasteiger partial charge < -0.3 is 10.4 Å². The Labute approximate surface area is 146 Å². The number of benzene rings is 1. The fourth-order valence-corrected chi connectivity index (χ4v) is 4.64. The molecule has 1 amide bonds. The first-order valence-electron chi connectivity index (χ1n) is 8.32. The maximum absolute atomic E-state index is 12.7. The van der Waals surface area contributed by atoms with Gasteiger partial charge in [-0.05, 0) is 56.2 Å². The average molecular weight is 348 g/mol. The van der Waals surface area contributed by atoms with Crippen molar-refractivity contribution in [3.8, 4) is 0 Å². The van der Waals surface area contributed by atoms with Crippen LogP contribution in [0.5, 0.6) is 0 Å². The van der Waals surface area contributed by atoms with Crippen molar-refractivity contribution < 1.29 is 14.7 Å². The number of hydrogen-bond donors (Lipinski definition) is 2. The Hall–Kier alpha value is -1.81. The van der Waals surface area contributed by atoms with Gasteiger partial charge in [0, 0.05) is 11.6 Å². The summed E-state index contributed by atoms with van der Waals surface area (Å²) < 4.78 is 0. The Balaban J connectivity index is 1.77. The van der Waals surface area contributed by atoms with Crippen molar-refractivity contribution in [3.05, 3.63) is 46.0 Å². The predicted molar refractivity (Wildman–Crippen MR) is 92.5 cm³/mol. The van der Waals surface area contributed by atoms with Crippen LogP contribution in [-0.2, 0) is 16.1 Å². The molecule has 2 aliphatic rings. The summed E-state index contributed by atoms with van der Waals surface area (Å²) in [6.45, 7) is 4.43. The molecule has 0 saturated heterocycles. The molecule has 0 heterocycles. The molecule has 3 rings (SSSR count). The largest absolute Gasteiger partial charge is 0.481 e. The van der Waals surface area contributed by atoms with Crippen LogP contribution in [0.15, 0.2) is 35.4 Å². The molecule has 24 heavy (non-hydrogen) atoms. The minimum atomic E-state index is -0.854. The Morgan fingerprint density at radius 3 is 2.25 bits per heavy atom. The highest BCUT2D eigenvalue weighted by atomic mass is 35.5. The molecule has 128 valence electrons. The lowest BCUT2D eigenvalue weighted by molar-refractivity contribution is -0.149. The molecule has 5 heteroatoms. The van der Waals surface area contributed by atoms with Gasteiger partial charge in [-0.3, -0.25) is 9.59 Å². The van der Waals surface area contributed by atoms with Gasteiger partial charge in [0.25, 0.3) is 0 Å². The summed E-state index contributed by atoms with van der Waals surface area (Å²) in [5.74, 6) is -1.97. The third-order valence-electron chi connectivity index (χ3n) is 5.39. The highest BCUT2D eigenvalue weighted by Gasteiger charge is 2.57. The average Bonchev–Trinajstić information content (AvgIpc) is 3.10. The zero-order valence-corrected chi connectivity index (χ0v) is 14.6. The number of carbonyl (C=O) groups is 2. The number of aliphatic carboxylic acids is 1. The van der Waals surface area contributed by atoms with Gasteiger partial charge in [0.05, 0.1) is 11.8 Å². The van der Waals surface area contributed by atoms with Crippen molar-refractivity contribution in [2.24, 2.45) is 23.7 Å². The number of carboxylic acids is 1. The summed E-state index contributed by atoms with van der Waals surface area (Å²) in [7, 11) is 0. The van der Waals surface area contributed by atoms with Crippen LogP contribution in [-0.4, -0.2) is 17.0 Å². The van der Waals surface area contributed by atoms with Crippen molar-refractivity contribution in [1.29, 1.82) is 0 Å². The van der Waals surface area contributed by atoms with E-state index in [-0.39, 0.29) is 17.7 Å². The molecule has 2 saturated carbocycles. The van der Waals surface area contributed by atoms with Gasteiger partial charge in [0.1, 0.15) is 0 Å². The third kappa shape index (κ3) is 2.95. The zero-order valence-electron chi connectivity index (χ0n) is 13.9. The first-order chi connectivity index (χ1) is 11.4. The van der Waals surface area contributed by atoms with E-state index < -0.39 is 17.8 Å². The Morgan fingerprint density at radius 1 is 1.12 bits per heavy atom. The molecule has 4 atom stereocenters. The maximum Gasteiger partial charge on any atom is 0.307 e. The number of halogens is 1. The molecular weight excluding hydrogens is 326 g/mol. The monoisotopic (exact) mass is 347 g/mol. The van der Waals surface area contributed by atoms with E-state index in [0.717, 1.165) is 18.4 Å². The number of carbonyl (C=O) groups excluding carboxylic acids is 1. The van der Waals surface area contributed by atoms with E-state index in [1.54, 1.807) is 12.1 Å². The van der Waals surface area contributed by atoms with E-state index in [1.165, 1.54) is 11.1 Å². The first kappa shape index (κ1) is 17.0. The SMILES string of the molecule is CC(C)=C1[C@H]2CC[C@@H]1[C@@H](C(=O)O)[C@@H]2C(=O)NCc1ccc(Cl)cc1. The summed E-state index contributed by atoms with van der Waals surface area (Å²) in [6, 6.07) is 7.28. The number of allylic oxidation sites excluding steroid dienone is 2. The van der Waals surface area contributed by atoms with Crippen molar-refractivity contribution in [2.75, 3.05) is 0 Å². The smallest absolute Gasteiger partial charge is 0.307 e. The number of hydrogen-bond acceptors (Lipinski definition) is 2. The summed E-state index contributed by atoms with van der Waals surface area (Å²) in [4.78, 5) is 24.5. The van der Waals surface area contributed by atoms with Crippen LogP contribution in [0.4, 0.5) is 0 Å². The topological polar surface area (TPSA) is 66.4 Å². The van der Waals surface area contributed by atoms with E-state index >= 15 is 0 Å². The van der Waals surface area contributed by atoms with Crippen LogP contribution in [0.25, 0.3) is 0 Å². The lowest BCUT2D eigenvalue weighted by Crippen LogP contribution is -2.41. The van der Waals surface area contributed by atoms with Crippen LogP contribution in [0, 0.1) is 23.7 Å². The summed E-state index contributed by atoms with van der Waals surface area (Å²) in [5, 5.41) is 13.2. The van der Waals surface area contributed by atoms with Crippen molar-refractivity contribution >= 4 is 23.5 Å². The van der Waals surface area contributed by atoms with Crippen LogP contribution in [0.3, 0.4) is 0 Å². The molecule has 2 bridgehead atoms. The summed E-state index contributed by atoms with van der Waals surface area (Å²) in [5.41, 5.74) is 3.32. The normalized spacial score (nSPS) is 28.0. The first-order valence-corrected chi connectivity index (χ1v) is 8.70. The van der Waals surface area contributed by atoms with Crippen molar-refractivity contribution in [1.82, 2.24) is 5.32 Å². The molecule has 0 aromatic heterocycles. The molecule has 4 nitrogen and oxygen atoms in total. The van der Waals surface area contributed by atoms with Gasteiger partial charge >= 0.3 is 5.97 Å². The molecule has 0 spiro atoms. The highest BCUT2D eigenvalue weighted by molar-refractivity contribution is 6.30. The van der Waals surface area contributed by atoms with Crippen LogP contribution in [0.2, 0.25) is 5.02 Å². The second kappa shape index (κ2) is 6.60. The molecule has 1 aromatic rings. The number of carboxylic acid groups (broad SMARTS) is 1. The van der Waals surface area contributed by atoms with E-state index in [9.17, 15) is 14.7 Å². The maximum atomic E-state index is 12.7. The summed E-state index contributed by atoms with van der Waals surface area (Å²) >= 11 is 5.86. The Bertz CT molecular complexity index is 691. The molecule has 0 aliphatic heterocycles. The Morgan fingerprint density at radius 2 is 1.71 bits per heavy atom. The molecule has 0 unspecified atom stereocenters. The second-order valence-corrected chi connectivity index (χ2v) is 7.42. The summed E-state index contributed by atoms with van der Waals surface area (Å²) in [6.07, 6.45) is 1.79. The van der Waals surface area contributed by atoms with E-state index in [1.807, 2.05) is 26.0 Å². The van der Waals surface area contributed by atoms with E-state index in [2.05, 4.69) is 5.32 Å². The van der Waals surface area contributed by atoms with E-state index in [4.69, 9.17) is 11.6 Å². The number of nitrogens with one attached hydrogen (secondary N) is 1. The van der Waals surface area contributed by atoms with Gasteiger partial charge in [-0.15, -0.1) is 0 Å². The highest BCUT2D eigenvalue weighted by Crippen LogP contribution is 2.57. The van der Waals surface area contributed by atoms with Crippen molar-refractivity contribution in [3.63, 3.8) is 0 Å². The predicted octanol–water partition coefficient (Wildman–Crippen LogP) is 3.65. The Kier molecular flexibility index (Phi) is 4.68. The molecule has 0 radical (unpaired) electrons. The molecule has 1 aromatic carbocycles. The molecular formula is C19H22ClNO3. The number of fused-ring (bicyclic) bond motifs is 2. The van der Waals surface area contributed by atoms with Gasteiger partial charge in [-0.1, -0.05) is 34.9 Å². The third-order valence-corrected chi connectivity index (χ3v) is 5.64. The van der Waals surface area contributed by atoms with Gasteiger partial charge in [-0.2, -0.15) is 0 Å².